The molecule has 0 aliphatic carbocycles. The van der Waals surface area contributed by atoms with Crippen LogP contribution in [0.25, 0.3) is 0 Å². The van der Waals surface area contributed by atoms with Crippen LogP contribution in [0.15, 0.2) is 24.3 Å². The van der Waals surface area contributed by atoms with Crippen molar-refractivity contribution in [2.45, 2.75) is 39.2 Å². The molecule has 0 unspecified atom stereocenters. The lowest BCUT2D eigenvalue weighted by Crippen LogP contribution is -2.14. The molecular weight excluding hydrogens is 218 g/mol. The van der Waals surface area contributed by atoms with Gasteiger partial charge in [0, 0.05) is 12.4 Å². The maximum Gasteiger partial charge on any atom is 0.0223 e. The van der Waals surface area contributed by atoms with Crippen molar-refractivity contribution in [1.29, 1.82) is 0 Å². The number of unbranched alkanes of at least 4 members (excludes halogenated alkanes) is 2. The quantitative estimate of drug-likeness (QED) is 0.538. The number of benzene rings is 1. The van der Waals surface area contributed by atoms with Crippen molar-refractivity contribution < 1.29 is 0 Å². The Morgan fingerprint density at radius 1 is 1.00 bits per heavy atom. The second-order valence-electron chi connectivity index (χ2n) is 4.10. The molecule has 0 atom stereocenters. The maximum absolute atomic E-state index is 5.62. The minimum Gasteiger partial charge on any atom is -0.313 e. The Bertz CT molecular complexity index is 269. The third-order valence-corrected chi connectivity index (χ3v) is 3.01. The fourth-order valence-electron chi connectivity index (χ4n) is 1.65. The van der Waals surface area contributed by atoms with E-state index in [1.807, 2.05) is 0 Å². The summed E-state index contributed by atoms with van der Waals surface area (Å²) in [6.07, 6.45) is 4.70. The summed E-state index contributed by atoms with van der Waals surface area (Å²) in [6, 6.07) is 8.85. The maximum atomic E-state index is 5.62. The molecule has 2 heteroatoms. The van der Waals surface area contributed by atoms with Gasteiger partial charge in [-0.05, 0) is 36.9 Å². The smallest absolute Gasteiger partial charge is 0.0223 e. The molecule has 0 fully saturated rings. The van der Waals surface area contributed by atoms with E-state index in [2.05, 4.69) is 36.5 Å². The summed E-state index contributed by atoms with van der Waals surface area (Å²) >= 11 is 5.62. The van der Waals surface area contributed by atoms with Crippen molar-refractivity contribution in [3.8, 4) is 0 Å². The SMILES string of the molecule is CCc1ccc(CNCCCCCCl)cc1. The van der Waals surface area contributed by atoms with Gasteiger partial charge in [0.1, 0.15) is 0 Å². The van der Waals surface area contributed by atoms with Gasteiger partial charge in [-0.1, -0.05) is 37.6 Å². The molecule has 1 N–H and O–H groups in total. The molecule has 0 saturated heterocycles. The third kappa shape index (κ3) is 5.53. The van der Waals surface area contributed by atoms with Gasteiger partial charge < -0.3 is 5.32 Å². The van der Waals surface area contributed by atoms with Crippen LogP contribution in [-0.4, -0.2) is 12.4 Å². The highest BCUT2D eigenvalue weighted by Crippen LogP contribution is 2.04. The van der Waals surface area contributed by atoms with Crippen molar-refractivity contribution in [3.05, 3.63) is 35.4 Å². The molecular formula is C14H22ClN. The second kappa shape index (κ2) is 8.60. The fraction of sp³-hybridized carbons (Fsp3) is 0.571. The lowest BCUT2D eigenvalue weighted by atomic mass is 10.1. The largest absolute Gasteiger partial charge is 0.313 e. The average Bonchev–Trinajstić information content (AvgIpc) is 2.34. The lowest BCUT2D eigenvalue weighted by Gasteiger charge is -2.05. The first-order chi connectivity index (χ1) is 7.86. The minimum atomic E-state index is 0.790. The van der Waals surface area contributed by atoms with E-state index in [1.165, 1.54) is 24.0 Å². The van der Waals surface area contributed by atoms with Gasteiger partial charge in [0.25, 0.3) is 0 Å². The Morgan fingerprint density at radius 3 is 2.31 bits per heavy atom. The predicted molar refractivity (Wildman–Crippen MR) is 72.1 cm³/mol. The summed E-state index contributed by atoms with van der Waals surface area (Å²) < 4.78 is 0. The van der Waals surface area contributed by atoms with E-state index < -0.39 is 0 Å². The number of aryl methyl sites for hydroxylation is 1. The second-order valence-corrected chi connectivity index (χ2v) is 4.47. The molecule has 0 aliphatic heterocycles. The summed E-state index contributed by atoms with van der Waals surface area (Å²) in [7, 11) is 0. The van der Waals surface area contributed by atoms with E-state index in [-0.39, 0.29) is 0 Å². The van der Waals surface area contributed by atoms with Gasteiger partial charge in [0.05, 0.1) is 0 Å². The zero-order valence-electron chi connectivity index (χ0n) is 10.1. The van der Waals surface area contributed by atoms with E-state index in [9.17, 15) is 0 Å². The molecule has 16 heavy (non-hydrogen) atoms. The van der Waals surface area contributed by atoms with E-state index >= 15 is 0 Å². The molecule has 1 aromatic rings. The van der Waals surface area contributed by atoms with Gasteiger partial charge in [-0.3, -0.25) is 0 Å². The molecule has 1 aromatic carbocycles. The van der Waals surface area contributed by atoms with Gasteiger partial charge >= 0.3 is 0 Å². The Kier molecular flexibility index (Phi) is 7.28. The molecule has 0 saturated carbocycles. The molecule has 0 bridgehead atoms. The van der Waals surface area contributed by atoms with Gasteiger partial charge in [-0.2, -0.15) is 0 Å². The zero-order valence-corrected chi connectivity index (χ0v) is 10.9. The average molecular weight is 240 g/mol. The normalized spacial score (nSPS) is 10.6. The van der Waals surface area contributed by atoms with Gasteiger partial charge in [-0.15, -0.1) is 11.6 Å². The van der Waals surface area contributed by atoms with E-state index in [0.29, 0.717) is 0 Å². The topological polar surface area (TPSA) is 12.0 Å². The molecule has 0 aromatic heterocycles. The molecule has 1 nitrogen and oxygen atoms in total. The van der Waals surface area contributed by atoms with Crippen LogP contribution in [0, 0.1) is 0 Å². The molecule has 0 radical (unpaired) electrons. The first kappa shape index (κ1) is 13.5. The molecule has 0 spiro atoms. The van der Waals surface area contributed by atoms with Crippen LogP contribution in [0.1, 0.15) is 37.3 Å². The predicted octanol–water partition coefficient (Wildman–Crippen LogP) is 3.75. The minimum absolute atomic E-state index is 0.790. The summed E-state index contributed by atoms with van der Waals surface area (Å²) in [6.45, 7) is 4.25. The molecule has 90 valence electrons. The molecule has 0 aliphatic rings. The Balaban J connectivity index is 2.12. The standard InChI is InChI=1S/C14H22ClN/c1-2-13-6-8-14(9-7-13)12-16-11-5-3-4-10-15/h6-9,16H,2-5,10-12H2,1H3. The van der Waals surface area contributed by atoms with Crippen molar-refractivity contribution in [2.24, 2.45) is 0 Å². The lowest BCUT2D eigenvalue weighted by molar-refractivity contribution is 0.618. The van der Waals surface area contributed by atoms with Gasteiger partial charge in [-0.25, -0.2) is 0 Å². The Hall–Kier alpha value is -0.530. The number of nitrogens with one attached hydrogen (secondary N) is 1. The summed E-state index contributed by atoms with van der Waals surface area (Å²) in [5, 5.41) is 3.45. The van der Waals surface area contributed by atoms with Crippen LogP contribution in [0.5, 0.6) is 0 Å². The van der Waals surface area contributed by atoms with Crippen LogP contribution in [0.4, 0.5) is 0 Å². The fourth-order valence-corrected chi connectivity index (χ4v) is 1.84. The number of rotatable bonds is 8. The monoisotopic (exact) mass is 239 g/mol. The molecule has 1 rings (SSSR count). The summed E-state index contributed by atoms with van der Waals surface area (Å²) in [5.74, 6) is 0.790. The van der Waals surface area contributed by atoms with Crippen molar-refractivity contribution >= 4 is 11.6 Å². The summed E-state index contributed by atoms with van der Waals surface area (Å²) in [5.41, 5.74) is 2.78. The molecule has 0 heterocycles. The number of alkyl halides is 1. The molecule has 0 amide bonds. The van der Waals surface area contributed by atoms with Crippen LogP contribution in [0.3, 0.4) is 0 Å². The van der Waals surface area contributed by atoms with Crippen LogP contribution in [0.2, 0.25) is 0 Å². The third-order valence-electron chi connectivity index (χ3n) is 2.75. The van der Waals surface area contributed by atoms with Crippen LogP contribution >= 0.6 is 11.6 Å². The van der Waals surface area contributed by atoms with E-state index in [0.717, 1.165) is 31.8 Å². The van der Waals surface area contributed by atoms with E-state index in [4.69, 9.17) is 11.6 Å². The van der Waals surface area contributed by atoms with Crippen LogP contribution in [-0.2, 0) is 13.0 Å². The summed E-state index contributed by atoms with van der Waals surface area (Å²) in [4.78, 5) is 0. The van der Waals surface area contributed by atoms with Gasteiger partial charge in [0.15, 0.2) is 0 Å². The highest BCUT2D eigenvalue weighted by atomic mass is 35.5. The van der Waals surface area contributed by atoms with Gasteiger partial charge in [0.2, 0.25) is 0 Å². The van der Waals surface area contributed by atoms with Crippen molar-refractivity contribution in [2.75, 3.05) is 12.4 Å². The van der Waals surface area contributed by atoms with Crippen molar-refractivity contribution in [3.63, 3.8) is 0 Å². The Labute approximate surface area is 104 Å². The highest BCUT2D eigenvalue weighted by Gasteiger charge is 1.93. The zero-order chi connectivity index (χ0) is 11.6. The number of hydrogen-bond acceptors (Lipinski definition) is 1. The number of halogens is 1. The van der Waals surface area contributed by atoms with Crippen LogP contribution < -0.4 is 5.32 Å². The first-order valence-electron chi connectivity index (χ1n) is 6.21. The highest BCUT2D eigenvalue weighted by molar-refractivity contribution is 6.17. The Morgan fingerprint density at radius 2 is 1.69 bits per heavy atom. The number of hydrogen-bond donors (Lipinski definition) is 1. The van der Waals surface area contributed by atoms with Crippen molar-refractivity contribution in [1.82, 2.24) is 5.32 Å². The van der Waals surface area contributed by atoms with E-state index in [1.54, 1.807) is 0 Å². The first-order valence-corrected chi connectivity index (χ1v) is 6.74.